The molecule has 18 heavy (non-hydrogen) atoms. The van der Waals surface area contributed by atoms with Crippen LogP contribution >= 0.6 is 0 Å². The van der Waals surface area contributed by atoms with Crippen molar-refractivity contribution in [3.05, 3.63) is 35.1 Å². The van der Waals surface area contributed by atoms with Crippen LogP contribution in [0.1, 0.15) is 36.2 Å². The number of aryl methyl sites for hydroxylation is 1. The van der Waals surface area contributed by atoms with Crippen molar-refractivity contribution in [3.63, 3.8) is 0 Å². The first-order chi connectivity index (χ1) is 8.45. The average molecular weight is 248 g/mol. The van der Waals surface area contributed by atoms with Gasteiger partial charge in [0, 0.05) is 18.2 Å². The Bertz CT molecular complexity index is 457. The lowest BCUT2D eigenvalue weighted by atomic mass is 10.1. The zero-order chi connectivity index (χ0) is 13.7. The average Bonchev–Trinajstić information content (AvgIpc) is 2.27. The molecule has 0 atom stereocenters. The van der Waals surface area contributed by atoms with Crippen LogP contribution in [0.2, 0.25) is 0 Å². The Morgan fingerprint density at radius 2 is 2.11 bits per heavy atom. The number of carbonyl (C=O) groups is 1. The van der Waals surface area contributed by atoms with E-state index in [1.165, 1.54) is 12.1 Å². The quantitative estimate of drug-likeness (QED) is 0.822. The van der Waals surface area contributed by atoms with Crippen LogP contribution in [0.3, 0.4) is 0 Å². The lowest BCUT2D eigenvalue weighted by molar-refractivity contribution is 0.0709. The molecule has 1 aromatic rings. The normalized spacial score (nSPS) is 10.2. The first-order valence-electron chi connectivity index (χ1n) is 5.91. The first-order valence-corrected chi connectivity index (χ1v) is 5.91. The van der Waals surface area contributed by atoms with Crippen LogP contribution in [-0.4, -0.2) is 23.4 Å². The van der Waals surface area contributed by atoms with E-state index in [4.69, 9.17) is 5.26 Å². The standard InChI is InChI=1S/C14H17FN2O/c1-10(2)17(6-4-5-16)14(18)12-7-11(3)8-13(15)9-12/h7-10H,4,6H2,1-3H3. The van der Waals surface area contributed by atoms with Gasteiger partial charge in [-0.1, -0.05) is 0 Å². The van der Waals surface area contributed by atoms with Crippen LogP contribution < -0.4 is 0 Å². The van der Waals surface area contributed by atoms with Crippen molar-refractivity contribution >= 4 is 5.91 Å². The van der Waals surface area contributed by atoms with Crippen LogP contribution in [0, 0.1) is 24.1 Å². The van der Waals surface area contributed by atoms with E-state index in [0.29, 0.717) is 17.7 Å². The highest BCUT2D eigenvalue weighted by Crippen LogP contribution is 2.13. The highest BCUT2D eigenvalue weighted by molar-refractivity contribution is 5.94. The third-order valence-electron chi connectivity index (χ3n) is 2.64. The second-order valence-corrected chi connectivity index (χ2v) is 4.52. The van der Waals surface area contributed by atoms with Gasteiger partial charge in [0.25, 0.3) is 5.91 Å². The first kappa shape index (κ1) is 14.2. The second-order valence-electron chi connectivity index (χ2n) is 4.52. The number of nitrogens with zero attached hydrogens (tertiary/aromatic N) is 2. The van der Waals surface area contributed by atoms with Crippen LogP contribution in [0.5, 0.6) is 0 Å². The van der Waals surface area contributed by atoms with E-state index in [9.17, 15) is 9.18 Å². The van der Waals surface area contributed by atoms with Crippen molar-refractivity contribution in [1.29, 1.82) is 5.26 Å². The van der Waals surface area contributed by atoms with Gasteiger partial charge in [-0.05, 0) is 44.5 Å². The van der Waals surface area contributed by atoms with Gasteiger partial charge in [0.1, 0.15) is 5.82 Å². The van der Waals surface area contributed by atoms with Crippen molar-refractivity contribution in [2.45, 2.75) is 33.2 Å². The maximum Gasteiger partial charge on any atom is 0.254 e. The van der Waals surface area contributed by atoms with Gasteiger partial charge < -0.3 is 4.90 Å². The van der Waals surface area contributed by atoms with Gasteiger partial charge in [-0.15, -0.1) is 0 Å². The van der Waals surface area contributed by atoms with Crippen molar-refractivity contribution in [2.75, 3.05) is 6.54 Å². The number of halogens is 1. The minimum absolute atomic E-state index is 0.0191. The molecular formula is C14H17FN2O. The minimum atomic E-state index is -0.415. The maximum atomic E-state index is 13.3. The molecule has 0 aliphatic carbocycles. The summed E-state index contributed by atoms with van der Waals surface area (Å²) >= 11 is 0. The number of benzene rings is 1. The summed E-state index contributed by atoms with van der Waals surface area (Å²) in [5.74, 6) is -0.648. The number of nitriles is 1. The van der Waals surface area contributed by atoms with Crippen molar-refractivity contribution in [3.8, 4) is 6.07 Å². The van der Waals surface area contributed by atoms with Gasteiger partial charge in [0.05, 0.1) is 12.5 Å². The van der Waals surface area contributed by atoms with Crippen LogP contribution in [0.15, 0.2) is 18.2 Å². The molecule has 0 aliphatic heterocycles. The minimum Gasteiger partial charge on any atom is -0.335 e. The molecule has 3 nitrogen and oxygen atoms in total. The van der Waals surface area contributed by atoms with Gasteiger partial charge in [-0.3, -0.25) is 4.79 Å². The number of hydrogen-bond acceptors (Lipinski definition) is 2. The predicted molar refractivity (Wildman–Crippen MR) is 67.5 cm³/mol. The molecule has 0 unspecified atom stereocenters. The summed E-state index contributed by atoms with van der Waals surface area (Å²) < 4.78 is 13.3. The highest BCUT2D eigenvalue weighted by atomic mass is 19.1. The molecule has 0 bridgehead atoms. The highest BCUT2D eigenvalue weighted by Gasteiger charge is 2.19. The summed E-state index contributed by atoms with van der Waals surface area (Å²) in [4.78, 5) is 13.8. The van der Waals surface area contributed by atoms with E-state index in [1.807, 2.05) is 19.9 Å². The molecule has 0 N–H and O–H groups in total. The Morgan fingerprint density at radius 1 is 1.44 bits per heavy atom. The van der Waals surface area contributed by atoms with E-state index in [-0.39, 0.29) is 18.4 Å². The lowest BCUT2D eigenvalue weighted by Gasteiger charge is -2.26. The molecule has 1 amide bonds. The number of rotatable bonds is 4. The van der Waals surface area contributed by atoms with Gasteiger partial charge in [-0.25, -0.2) is 4.39 Å². The Morgan fingerprint density at radius 3 is 2.61 bits per heavy atom. The summed E-state index contributed by atoms with van der Waals surface area (Å²) in [6.07, 6.45) is 0.276. The van der Waals surface area contributed by atoms with Gasteiger partial charge in [-0.2, -0.15) is 5.26 Å². The summed E-state index contributed by atoms with van der Waals surface area (Å²) in [7, 11) is 0. The lowest BCUT2D eigenvalue weighted by Crippen LogP contribution is -2.37. The number of hydrogen-bond donors (Lipinski definition) is 0. The van der Waals surface area contributed by atoms with E-state index >= 15 is 0 Å². The zero-order valence-corrected chi connectivity index (χ0v) is 10.9. The second kappa shape index (κ2) is 6.15. The third-order valence-corrected chi connectivity index (χ3v) is 2.64. The molecule has 0 heterocycles. The van der Waals surface area contributed by atoms with E-state index in [0.717, 1.165) is 0 Å². The van der Waals surface area contributed by atoms with Crippen LogP contribution in [0.4, 0.5) is 4.39 Å². The largest absolute Gasteiger partial charge is 0.335 e. The van der Waals surface area contributed by atoms with Crippen LogP contribution in [0.25, 0.3) is 0 Å². The van der Waals surface area contributed by atoms with Crippen molar-refractivity contribution in [2.24, 2.45) is 0 Å². The topological polar surface area (TPSA) is 44.1 Å². The third kappa shape index (κ3) is 3.56. The smallest absolute Gasteiger partial charge is 0.254 e. The van der Waals surface area contributed by atoms with E-state index in [1.54, 1.807) is 17.9 Å². The molecule has 96 valence electrons. The molecule has 0 radical (unpaired) electrons. The number of carbonyl (C=O) groups excluding carboxylic acids is 1. The van der Waals surface area contributed by atoms with Crippen molar-refractivity contribution < 1.29 is 9.18 Å². The summed E-state index contributed by atoms with van der Waals surface area (Å²) in [5.41, 5.74) is 1.04. The summed E-state index contributed by atoms with van der Waals surface area (Å²) in [6.45, 7) is 5.86. The van der Waals surface area contributed by atoms with Gasteiger partial charge >= 0.3 is 0 Å². The molecule has 1 aromatic carbocycles. The van der Waals surface area contributed by atoms with Crippen molar-refractivity contribution in [1.82, 2.24) is 4.90 Å². The summed E-state index contributed by atoms with van der Waals surface area (Å²) in [5, 5.41) is 8.59. The van der Waals surface area contributed by atoms with E-state index in [2.05, 4.69) is 0 Å². The molecule has 0 spiro atoms. The maximum absolute atomic E-state index is 13.3. The molecule has 4 heteroatoms. The fraction of sp³-hybridized carbons (Fsp3) is 0.429. The monoisotopic (exact) mass is 248 g/mol. The summed E-state index contributed by atoms with van der Waals surface area (Å²) in [6, 6.07) is 6.27. The molecule has 0 aliphatic rings. The van der Waals surface area contributed by atoms with Gasteiger partial charge in [0.15, 0.2) is 0 Å². The molecule has 1 rings (SSSR count). The molecule has 0 fully saturated rings. The van der Waals surface area contributed by atoms with Crippen LogP contribution in [-0.2, 0) is 0 Å². The molecule has 0 saturated heterocycles. The fourth-order valence-electron chi connectivity index (χ4n) is 1.79. The molecular weight excluding hydrogens is 231 g/mol. The van der Waals surface area contributed by atoms with E-state index < -0.39 is 5.82 Å². The molecule has 0 saturated carbocycles. The molecule has 0 aromatic heterocycles. The Labute approximate surface area is 107 Å². The Balaban J connectivity index is 2.98. The Hall–Kier alpha value is -1.89. The zero-order valence-electron chi connectivity index (χ0n) is 10.9. The number of amides is 1. The fourth-order valence-corrected chi connectivity index (χ4v) is 1.79. The Kier molecular flexibility index (Phi) is 4.85. The predicted octanol–water partition coefficient (Wildman–Crippen LogP) is 2.90. The SMILES string of the molecule is Cc1cc(F)cc(C(=O)N(CCC#N)C(C)C)c1. The van der Waals surface area contributed by atoms with Gasteiger partial charge in [0.2, 0.25) is 0 Å².